The van der Waals surface area contributed by atoms with Gasteiger partial charge in [-0.2, -0.15) is 0 Å². The number of rotatable bonds is 4. The van der Waals surface area contributed by atoms with E-state index in [0.29, 0.717) is 43.1 Å². The van der Waals surface area contributed by atoms with E-state index < -0.39 is 5.97 Å². The summed E-state index contributed by atoms with van der Waals surface area (Å²) in [7, 11) is 1.33. The van der Waals surface area contributed by atoms with Crippen molar-refractivity contribution in [3.05, 3.63) is 57.2 Å². The van der Waals surface area contributed by atoms with Gasteiger partial charge in [0, 0.05) is 16.7 Å². The number of hydrogen-bond acceptors (Lipinski definition) is 6. The molecule has 0 bridgehead atoms. The Labute approximate surface area is 187 Å². The summed E-state index contributed by atoms with van der Waals surface area (Å²) in [5.74, 6) is -0.750. The summed E-state index contributed by atoms with van der Waals surface area (Å²) < 4.78 is 11.1. The maximum absolute atomic E-state index is 12.5. The lowest BCUT2D eigenvalue weighted by atomic mass is 10.1. The monoisotopic (exact) mass is 525 g/mol. The van der Waals surface area contributed by atoms with Crippen LogP contribution in [0.15, 0.2) is 42.5 Å². The summed E-state index contributed by atoms with van der Waals surface area (Å²) in [4.78, 5) is 26.6. The zero-order chi connectivity index (χ0) is 20.8. The maximum Gasteiger partial charge on any atom is 0.337 e. The summed E-state index contributed by atoms with van der Waals surface area (Å²) in [6, 6.07) is 12.5. The van der Waals surface area contributed by atoms with Crippen molar-refractivity contribution < 1.29 is 19.1 Å². The summed E-state index contributed by atoms with van der Waals surface area (Å²) in [5, 5.41) is 5.89. The van der Waals surface area contributed by atoms with Crippen molar-refractivity contribution >= 4 is 63.2 Å². The Bertz CT molecular complexity index is 932. The first-order valence-electron chi connectivity index (χ1n) is 8.91. The normalized spacial score (nSPS) is 13.5. The molecule has 1 saturated heterocycles. The number of carbonyl (C=O) groups is 2. The summed E-state index contributed by atoms with van der Waals surface area (Å²) in [5.41, 5.74) is 2.41. The van der Waals surface area contributed by atoms with Gasteiger partial charge in [-0.15, -0.1) is 0 Å². The molecule has 1 amide bonds. The third kappa shape index (κ3) is 5.43. The zero-order valence-electron chi connectivity index (χ0n) is 15.7. The van der Waals surface area contributed by atoms with Crippen molar-refractivity contribution in [1.29, 1.82) is 0 Å². The molecule has 0 aromatic heterocycles. The molecule has 2 N–H and O–H groups in total. The van der Waals surface area contributed by atoms with Crippen molar-refractivity contribution in [3.8, 4) is 0 Å². The minimum atomic E-state index is -0.449. The molecule has 0 saturated carbocycles. The number of nitrogens with zero attached hydrogens (tertiary/aromatic N) is 1. The van der Waals surface area contributed by atoms with Crippen LogP contribution >= 0.6 is 34.8 Å². The average Bonchev–Trinajstić information content (AvgIpc) is 2.74. The Morgan fingerprint density at radius 3 is 2.59 bits per heavy atom. The highest BCUT2D eigenvalue weighted by atomic mass is 127. The van der Waals surface area contributed by atoms with Crippen molar-refractivity contribution in [2.75, 3.05) is 43.6 Å². The smallest absolute Gasteiger partial charge is 0.337 e. The molecule has 0 aliphatic carbocycles. The lowest BCUT2D eigenvalue weighted by Crippen LogP contribution is -2.38. The third-order valence-electron chi connectivity index (χ3n) is 4.36. The first-order valence-corrected chi connectivity index (χ1v) is 10.4. The number of methoxy groups -OCH3 is 1. The van der Waals surface area contributed by atoms with Crippen LogP contribution in [0.25, 0.3) is 0 Å². The number of amides is 1. The van der Waals surface area contributed by atoms with E-state index in [0.717, 1.165) is 9.26 Å². The van der Waals surface area contributed by atoms with Crippen LogP contribution in [0.4, 0.5) is 11.4 Å². The Kier molecular flexibility index (Phi) is 7.40. The Balaban J connectivity index is 1.81. The Morgan fingerprint density at radius 2 is 1.90 bits per heavy atom. The van der Waals surface area contributed by atoms with Crippen LogP contribution in [0.1, 0.15) is 20.7 Å². The molecule has 0 spiro atoms. The van der Waals surface area contributed by atoms with E-state index in [1.165, 1.54) is 7.11 Å². The number of anilines is 2. The van der Waals surface area contributed by atoms with E-state index in [-0.39, 0.29) is 11.0 Å². The van der Waals surface area contributed by atoms with Gasteiger partial charge in [0.1, 0.15) is 0 Å². The predicted octanol–water partition coefficient (Wildman–Crippen LogP) is 3.04. The van der Waals surface area contributed by atoms with E-state index in [4.69, 9.17) is 21.7 Å². The summed E-state index contributed by atoms with van der Waals surface area (Å²) in [6.45, 7) is 2.67. The first kappa shape index (κ1) is 21.5. The van der Waals surface area contributed by atoms with Gasteiger partial charge in [0.15, 0.2) is 5.11 Å². The number of ether oxygens (including phenoxy) is 2. The molecule has 9 heteroatoms. The number of hydrogen-bond donors (Lipinski definition) is 2. The minimum Gasteiger partial charge on any atom is -0.465 e. The number of esters is 1. The molecule has 152 valence electrons. The highest BCUT2D eigenvalue weighted by molar-refractivity contribution is 14.1. The molecule has 29 heavy (non-hydrogen) atoms. The number of nitrogens with one attached hydrogen (secondary N) is 2. The largest absolute Gasteiger partial charge is 0.465 e. The molecule has 1 fully saturated rings. The lowest BCUT2D eigenvalue weighted by Gasteiger charge is -2.31. The fraction of sp³-hybridized carbons (Fsp3) is 0.250. The van der Waals surface area contributed by atoms with Gasteiger partial charge in [-0.3, -0.25) is 10.1 Å². The van der Waals surface area contributed by atoms with E-state index in [1.807, 2.05) is 18.2 Å². The molecule has 2 aromatic carbocycles. The van der Waals surface area contributed by atoms with E-state index in [2.05, 4.69) is 38.1 Å². The van der Waals surface area contributed by atoms with Crippen molar-refractivity contribution in [3.63, 3.8) is 0 Å². The molecule has 1 aliphatic heterocycles. The van der Waals surface area contributed by atoms with Crippen molar-refractivity contribution in [2.45, 2.75) is 0 Å². The highest BCUT2D eigenvalue weighted by Crippen LogP contribution is 2.28. The van der Waals surface area contributed by atoms with Gasteiger partial charge < -0.3 is 19.7 Å². The van der Waals surface area contributed by atoms with Gasteiger partial charge in [-0.25, -0.2) is 4.79 Å². The van der Waals surface area contributed by atoms with Gasteiger partial charge in [-0.05, 0) is 65.1 Å². The van der Waals surface area contributed by atoms with Crippen LogP contribution in [-0.2, 0) is 9.47 Å². The molecule has 0 radical (unpaired) electrons. The number of halogens is 1. The van der Waals surface area contributed by atoms with Crippen molar-refractivity contribution in [2.24, 2.45) is 0 Å². The summed E-state index contributed by atoms with van der Waals surface area (Å²) >= 11 is 7.45. The standard InChI is InChI=1S/C20H20IN3O4S/c1-27-19(26)13-6-7-17(24-8-10-28-11-9-24)16(12-13)22-20(29)23-18(25)14-4-2-3-5-15(14)21/h2-7,12H,8-11H2,1H3,(H2,22,23,25,29). The number of thiocarbonyl (C=S) groups is 1. The lowest BCUT2D eigenvalue weighted by molar-refractivity contribution is 0.0600. The topological polar surface area (TPSA) is 79.9 Å². The second-order valence-electron chi connectivity index (χ2n) is 6.21. The fourth-order valence-corrected chi connectivity index (χ4v) is 3.77. The van der Waals surface area contributed by atoms with E-state index in [9.17, 15) is 9.59 Å². The maximum atomic E-state index is 12.5. The fourth-order valence-electron chi connectivity index (χ4n) is 2.93. The Hall–Kier alpha value is -2.24. The van der Waals surface area contributed by atoms with Gasteiger partial charge in [0.05, 0.1) is 42.8 Å². The second kappa shape index (κ2) is 9.99. The minimum absolute atomic E-state index is 0.145. The SMILES string of the molecule is COC(=O)c1ccc(N2CCOCC2)c(NC(=S)NC(=O)c2ccccc2I)c1. The first-order chi connectivity index (χ1) is 14.0. The van der Waals surface area contributed by atoms with Crippen LogP contribution in [0, 0.1) is 3.57 Å². The molecule has 3 rings (SSSR count). The zero-order valence-corrected chi connectivity index (χ0v) is 18.7. The van der Waals surface area contributed by atoms with Crippen molar-refractivity contribution in [1.82, 2.24) is 5.32 Å². The van der Waals surface area contributed by atoms with Crippen LogP contribution in [0.5, 0.6) is 0 Å². The number of carbonyl (C=O) groups excluding carboxylic acids is 2. The number of morpholine rings is 1. The van der Waals surface area contributed by atoms with Crippen LogP contribution in [-0.4, -0.2) is 50.4 Å². The van der Waals surface area contributed by atoms with E-state index >= 15 is 0 Å². The molecule has 2 aromatic rings. The van der Waals surface area contributed by atoms with Crippen LogP contribution in [0.3, 0.4) is 0 Å². The molecule has 0 atom stereocenters. The van der Waals surface area contributed by atoms with Gasteiger partial charge in [0.25, 0.3) is 5.91 Å². The molecule has 7 nitrogen and oxygen atoms in total. The van der Waals surface area contributed by atoms with Gasteiger partial charge in [0.2, 0.25) is 0 Å². The quantitative estimate of drug-likeness (QED) is 0.361. The third-order valence-corrected chi connectivity index (χ3v) is 5.51. The predicted molar refractivity (Wildman–Crippen MR) is 124 cm³/mol. The highest BCUT2D eigenvalue weighted by Gasteiger charge is 2.19. The Morgan fingerprint density at radius 1 is 1.17 bits per heavy atom. The van der Waals surface area contributed by atoms with Gasteiger partial charge in [-0.1, -0.05) is 12.1 Å². The van der Waals surface area contributed by atoms with E-state index in [1.54, 1.807) is 24.3 Å². The molecule has 0 unspecified atom stereocenters. The molecule has 1 heterocycles. The van der Waals surface area contributed by atoms with Gasteiger partial charge >= 0.3 is 5.97 Å². The number of benzene rings is 2. The molecule has 1 aliphatic rings. The average molecular weight is 525 g/mol. The van der Waals surface area contributed by atoms with Crippen LogP contribution in [0.2, 0.25) is 0 Å². The summed E-state index contributed by atoms with van der Waals surface area (Å²) in [6.07, 6.45) is 0. The molecular weight excluding hydrogens is 505 g/mol. The molecular formula is C20H20IN3O4S. The second-order valence-corrected chi connectivity index (χ2v) is 7.78. The van der Waals surface area contributed by atoms with Crippen LogP contribution < -0.4 is 15.5 Å².